The zero-order valence-electron chi connectivity index (χ0n) is 11.2. The van der Waals surface area contributed by atoms with Gasteiger partial charge in [0.15, 0.2) is 0 Å². The van der Waals surface area contributed by atoms with Gasteiger partial charge < -0.3 is 10.6 Å². The highest BCUT2D eigenvalue weighted by molar-refractivity contribution is 5.95. The van der Waals surface area contributed by atoms with Crippen molar-refractivity contribution in [1.29, 1.82) is 0 Å². The van der Waals surface area contributed by atoms with Crippen molar-refractivity contribution in [3.63, 3.8) is 0 Å². The molecule has 0 aromatic heterocycles. The van der Waals surface area contributed by atoms with E-state index in [0.717, 1.165) is 23.2 Å². The van der Waals surface area contributed by atoms with Crippen molar-refractivity contribution in [2.45, 2.75) is 33.6 Å². The van der Waals surface area contributed by atoms with Gasteiger partial charge in [-0.3, -0.25) is 9.59 Å². The Morgan fingerprint density at radius 2 is 1.72 bits per heavy atom. The Kier molecular flexibility index (Phi) is 5.36. The minimum atomic E-state index is -0.197. The molecule has 0 saturated carbocycles. The van der Waals surface area contributed by atoms with Gasteiger partial charge in [-0.25, -0.2) is 0 Å². The average molecular weight is 248 g/mol. The zero-order valence-corrected chi connectivity index (χ0v) is 11.2. The van der Waals surface area contributed by atoms with E-state index in [1.54, 1.807) is 0 Å². The van der Waals surface area contributed by atoms with Crippen LogP contribution in [0.5, 0.6) is 0 Å². The first-order chi connectivity index (χ1) is 8.54. The molecule has 0 atom stereocenters. The summed E-state index contributed by atoms with van der Waals surface area (Å²) in [5, 5.41) is 5.41. The van der Waals surface area contributed by atoms with Crippen LogP contribution in [0.4, 0.5) is 5.69 Å². The van der Waals surface area contributed by atoms with Gasteiger partial charge in [-0.1, -0.05) is 25.1 Å². The molecule has 0 radical (unpaired) electrons. The summed E-state index contributed by atoms with van der Waals surface area (Å²) >= 11 is 0. The summed E-state index contributed by atoms with van der Waals surface area (Å²) in [5.74, 6) is -0.286. The molecule has 0 saturated heterocycles. The number of nitrogens with one attached hydrogen (secondary N) is 2. The molecule has 0 unspecified atom stereocenters. The molecule has 0 aliphatic rings. The first-order valence-electron chi connectivity index (χ1n) is 6.17. The Morgan fingerprint density at radius 1 is 1.11 bits per heavy atom. The maximum Gasteiger partial charge on any atom is 0.243 e. The number of hydrogen-bond donors (Lipinski definition) is 2. The van der Waals surface area contributed by atoms with E-state index in [0.29, 0.717) is 6.42 Å². The molecule has 0 fully saturated rings. The third kappa shape index (κ3) is 4.20. The molecule has 1 aromatic rings. The maximum atomic E-state index is 11.7. The predicted molar refractivity (Wildman–Crippen MR) is 72.5 cm³/mol. The van der Waals surface area contributed by atoms with Gasteiger partial charge in [0.1, 0.15) is 0 Å². The molecule has 4 heteroatoms. The van der Waals surface area contributed by atoms with Crippen LogP contribution in [0.25, 0.3) is 0 Å². The smallest absolute Gasteiger partial charge is 0.243 e. The number of anilines is 1. The lowest BCUT2D eigenvalue weighted by atomic mass is 10.1. The van der Waals surface area contributed by atoms with E-state index in [4.69, 9.17) is 0 Å². The minimum absolute atomic E-state index is 0.0204. The van der Waals surface area contributed by atoms with E-state index in [9.17, 15) is 9.59 Å². The van der Waals surface area contributed by atoms with Crippen LogP contribution in [0.2, 0.25) is 0 Å². The fourth-order valence-corrected chi connectivity index (χ4v) is 1.69. The quantitative estimate of drug-likeness (QED) is 0.839. The minimum Gasteiger partial charge on any atom is -0.347 e. The van der Waals surface area contributed by atoms with Gasteiger partial charge >= 0.3 is 0 Å². The van der Waals surface area contributed by atoms with Crippen molar-refractivity contribution in [2.24, 2.45) is 0 Å². The summed E-state index contributed by atoms with van der Waals surface area (Å²) in [6.07, 6.45) is 1.24. The largest absolute Gasteiger partial charge is 0.347 e. The molecule has 0 spiro atoms. The highest BCUT2D eigenvalue weighted by atomic mass is 16.2. The van der Waals surface area contributed by atoms with Crippen molar-refractivity contribution < 1.29 is 9.59 Å². The molecule has 2 amide bonds. The monoisotopic (exact) mass is 248 g/mol. The van der Waals surface area contributed by atoms with Gasteiger partial charge in [0.25, 0.3) is 0 Å². The number of aryl methyl sites for hydroxylation is 2. The van der Waals surface area contributed by atoms with Crippen molar-refractivity contribution in [2.75, 3.05) is 11.9 Å². The molecule has 1 rings (SSSR count). The Bertz CT molecular complexity index is 421. The molecule has 0 aliphatic heterocycles. The van der Waals surface area contributed by atoms with Gasteiger partial charge in [0.2, 0.25) is 11.8 Å². The number of hydrogen-bond acceptors (Lipinski definition) is 2. The molecule has 98 valence electrons. The lowest BCUT2D eigenvalue weighted by Gasteiger charge is -2.11. The summed E-state index contributed by atoms with van der Waals surface area (Å²) in [7, 11) is 0. The van der Waals surface area contributed by atoms with E-state index in [1.165, 1.54) is 0 Å². The lowest BCUT2D eigenvalue weighted by molar-refractivity contribution is -0.124. The van der Waals surface area contributed by atoms with Crippen molar-refractivity contribution in [3.05, 3.63) is 29.3 Å². The summed E-state index contributed by atoms with van der Waals surface area (Å²) in [4.78, 5) is 22.9. The first-order valence-corrected chi connectivity index (χ1v) is 6.17. The lowest BCUT2D eigenvalue weighted by Crippen LogP contribution is -2.32. The number of benzene rings is 1. The van der Waals surface area contributed by atoms with E-state index in [2.05, 4.69) is 10.6 Å². The van der Waals surface area contributed by atoms with Crippen LogP contribution < -0.4 is 10.6 Å². The van der Waals surface area contributed by atoms with Crippen LogP contribution >= 0.6 is 0 Å². The molecular formula is C14H20N2O2. The van der Waals surface area contributed by atoms with Gasteiger partial charge in [-0.05, 0) is 31.4 Å². The fraction of sp³-hybridized carbons (Fsp3) is 0.429. The SMILES string of the molecule is CCCC(=O)NCC(=O)Nc1c(C)cccc1C. The summed E-state index contributed by atoms with van der Waals surface area (Å²) in [6.45, 7) is 5.83. The number of carbonyl (C=O) groups is 2. The summed E-state index contributed by atoms with van der Waals surface area (Å²) < 4.78 is 0. The average Bonchev–Trinajstić information content (AvgIpc) is 2.32. The molecule has 2 N–H and O–H groups in total. The standard InChI is InChI=1S/C14H20N2O2/c1-4-6-12(17)15-9-13(18)16-14-10(2)7-5-8-11(14)3/h5,7-8H,4,6,9H2,1-3H3,(H,15,17)(H,16,18). The van der Waals surface area contributed by atoms with Crippen LogP contribution in [0.15, 0.2) is 18.2 Å². The van der Waals surface area contributed by atoms with Crippen molar-refractivity contribution in [3.8, 4) is 0 Å². The molecule has 18 heavy (non-hydrogen) atoms. The highest BCUT2D eigenvalue weighted by Gasteiger charge is 2.08. The van der Waals surface area contributed by atoms with Gasteiger partial charge in [0, 0.05) is 12.1 Å². The molecule has 0 bridgehead atoms. The second-order valence-electron chi connectivity index (χ2n) is 4.34. The Morgan fingerprint density at radius 3 is 2.28 bits per heavy atom. The summed E-state index contributed by atoms with van der Waals surface area (Å²) in [5.41, 5.74) is 2.86. The van der Waals surface area contributed by atoms with E-state index in [-0.39, 0.29) is 18.4 Å². The van der Waals surface area contributed by atoms with Crippen molar-refractivity contribution in [1.82, 2.24) is 5.32 Å². The Labute approximate surface area is 108 Å². The summed E-state index contributed by atoms with van der Waals surface area (Å²) in [6, 6.07) is 5.83. The second kappa shape index (κ2) is 6.79. The molecule has 1 aromatic carbocycles. The van der Waals surface area contributed by atoms with E-state index < -0.39 is 0 Å². The molecular weight excluding hydrogens is 228 g/mol. The molecule has 0 heterocycles. The van der Waals surface area contributed by atoms with Gasteiger partial charge in [-0.15, -0.1) is 0 Å². The second-order valence-corrected chi connectivity index (χ2v) is 4.34. The van der Waals surface area contributed by atoms with Gasteiger partial charge in [-0.2, -0.15) is 0 Å². The Balaban J connectivity index is 2.52. The normalized spacial score (nSPS) is 9.94. The van der Waals surface area contributed by atoms with Crippen LogP contribution in [0.3, 0.4) is 0 Å². The maximum absolute atomic E-state index is 11.7. The number of para-hydroxylation sites is 1. The van der Waals surface area contributed by atoms with Crippen molar-refractivity contribution >= 4 is 17.5 Å². The highest BCUT2D eigenvalue weighted by Crippen LogP contribution is 2.18. The Hall–Kier alpha value is -1.84. The fourth-order valence-electron chi connectivity index (χ4n) is 1.69. The number of rotatable bonds is 5. The zero-order chi connectivity index (χ0) is 13.5. The predicted octanol–water partition coefficient (Wildman–Crippen LogP) is 2.16. The van der Waals surface area contributed by atoms with Gasteiger partial charge in [0.05, 0.1) is 6.54 Å². The van der Waals surface area contributed by atoms with Crippen LogP contribution in [0.1, 0.15) is 30.9 Å². The first kappa shape index (κ1) is 14.2. The van der Waals surface area contributed by atoms with Crippen LogP contribution in [-0.4, -0.2) is 18.4 Å². The topological polar surface area (TPSA) is 58.2 Å². The van der Waals surface area contributed by atoms with E-state index in [1.807, 2.05) is 39.0 Å². The van der Waals surface area contributed by atoms with Crippen LogP contribution in [0, 0.1) is 13.8 Å². The number of carbonyl (C=O) groups excluding carboxylic acids is 2. The van der Waals surface area contributed by atoms with E-state index >= 15 is 0 Å². The third-order valence-corrected chi connectivity index (χ3v) is 2.67. The van der Waals surface area contributed by atoms with Crippen LogP contribution in [-0.2, 0) is 9.59 Å². The molecule has 0 aliphatic carbocycles. The number of amides is 2. The molecule has 4 nitrogen and oxygen atoms in total. The third-order valence-electron chi connectivity index (χ3n) is 2.67.